The first kappa shape index (κ1) is 31.2. The van der Waals surface area contributed by atoms with E-state index in [0.717, 1.165) is 16.5 Å². The molecule has 1 aliphatic heterocycles. The van der Waals surface area contributed by atoms with E-state index in [2.05, 4.69) is 10.3 Å². The molecule has 2 N–H and O–H groups in total. The van der Waals surface area contributed by atoms with Gasteiger partial charge in [0.15, 0.2) is 0 Å². The highest BCUT2D eigenvalue weighted by Gasteiger charge is 2.34. The number of hydrogen-bond donors (Lipinski definition) is 2. The summed E-state index contributed by atoms with van der Waals surface area (Å²) >= 11 is 1.22. The third-order valence-corrected chi connectivity index (χ3v) is 7.46. The lowest BCUT2D eigenvalue weighted by molar-refractivity contribution is -0.139. The monoisotopic (exact) mass is 577 g/mol. The van der Waals surface area contributed by atoms with Crippen molar-refractivity contribution >= 4 is 35.5 Å². The molecule has 7 nitrogen and oxygen atoms in total. The minimum Gasteiger partial charge on any atom is -0.489 e. The number of carbonyl (C=O) groups excluding carboxylic acids is 1. The maximum absolute atomic E-state index is 13.8. The van der Waals surface area contributed by atoms with Crippen LogP contribution in [0.5, 0.6) is 0 Å². The minimum atomic E-state index is -4.63. The van der Waals surface area contributed by atoms with Crippen LogP contribution in [-0.2, 0) is 27.0 Å². The number of aliphatic imine (C=N–C) groups is 1. The third kappa shape index (κ3) is 8.59. The summed E-state index contributed by atoms with van der Waals surface area (Å²) in [4.78, 5) is 31.3. The Morgan fingerprint density at radius 1 is 1.12 bits per heavy atom. The van der Waals surface area contributed by atoms with Crippen LogP contribution in [0.15, 0.2) is 63.8 Å². The van der Waals surface area contributed by atoms with Gasteiger partial charge in [0.2, 0.25) is 5.91 Å². The van der Waals surface area contributed by atoms with Gasteiger partial charge in [-0.15, -0.1) is 11.8 Å². The highest BCUT2D eigenvalue weighted by Crippen LogP contribution is 2.37. The van der Waals surface area contributed by atoms with Crippen molar-refractivity contribution in [1.29, 1.82) is 0 Å². The number of amides is 1. The summed E-state index contributed by atoms with van der Waals surface area (Å²) < 4.78 is 46.1. The van der Waals surface area contributed by atoms with Crippen molar-refractivity contribution in [3.63, 3.8) is 0 Å². The van der Waals surface area contributed by atoms with Gasteiger partial charge in [-0.25, -0.2) is 0 Å². The van der Waals surface area contributed by atoms with Crippen molar-refractivity contribution < 1.29 is 32.6 Å². The van der Waals surface area contributed by atoms with Crippen molar-refractivity contribution in [1.82, 2.24) is 4.90 Å². The Balaban J connectivity index is 1.80. The summed E-state index contributed by atoms with van der Waals surface area (Å²) in [6.07, 6.45) is -3.00. The average Bonchev–Trinajstić information content (AvgIpc) is 2.85. The van der Waals surface area contributed by atoms with Crippen LogP contribution in [0.2, 0.25) is 0 Å². The van der Waals surface area contributed by atoms with E-state index in [1.54, 1.807) is 63.9 Å². The number of ether oxygens (including phenoxy) is 1. The van der Waals surface area contributed by atoms with Gasteiger partial charge < -0.3 is 15.2 Å². The van der Waals surface area contributed by atoms with Crippen LogP contribution >= 0.6 is 11.8 Å². The number of carboxylic acid groups (broad SMARTS) is 1. The second-order valence-electron chi connectivity index (χ2n) is 10.3. The molecular weight excluding hydrogens is 543 g/mol. The largest absolute Gasteiger partial charge is 0.489 e. The molecule has 0 radical (unpaired) electrons. The van der Waals surface area contributed by atoms with Gasteiger partial charge in [-0.1, -0.05) is 32.0 Å². The maximum Gasteiger partial charge on any atom is 0.418 e. The highest BCUT2D eigenvalue weighted by atomic mass is 32.2. The first-order valence-corrected chi connectivity index (χ1v) is 13.6. The average molecular weight is 578 g/mol. The van der Waals surface area contributed by atoms with Gasteiger partial charge in [0.05, 0.1) is 30.0 Å². The fourth-order valence-corrected chi connectivity index (χ4v) is 4.88. The topological polar surface area (TPSA) is 91.2 Å². The number of alkyl halides is 3. The number of carbonyl (C=O) groups is 2. The van der Waals surface area contributed by atoms with Crippen molar-refractivity contribution in [3.8, 4) is 0 Å². The molecular formula is C29H34F3N3O4S. The molecule has 2 aromatic rings. The van der Waals surface area contributed by atoms with Crippen LogP contribution in [0.25, 0.3) is 0 Å². The summed E-state index contributed by atoms with van der Waals surface area (Å²) in [5.74, 6) is -1.06. The molecule has 216 valence electrons. The van der Waals surface area contributed by atoms with E-state index in [9.17, 15) is 27.9 Å². The third-order valence-electron chi connectivity index (χ3n) is 6.26. The van der Waals surface area contributed by atoms with Crippen LogP contribution in [0, 0.1) is 0 Å². The van der Waals surface area contributed by atoms with Gasteiger partial charge >= 0.3 is 12.1 Å². The van der Waals surface area contributed by atoms with Crippen molar-refractivity contribution in [2.45, 2.75) is 62.9 Å². The Labute approximate surface area is 236 Å². The Hall–Kier alpha value is -3.31. The molecule has 0 saturated heterocycles. The number of thioether (sulfide) groups is 1. The number of carboxylic acids is 1. The van der Waals surface area contributed by atoms with Gasteiger partial charge in [-0.05, 0) is 62.1 Å². The number of aliphatic carboxylic acids is 1. The lowest BCUT2D eigenvalue weighted by atomic mass is 9.99. The fraction of sp³-hybridized carbons (Fsp3) is 0.414. The molecule has 1 aliphatic rings. The van der Waals surface area contributed by atoms with Gasteiger partial charge in [0, 0.05) is 17.7 Å². The fourth-order valence-electron chi connectivity index (χ4n) is 3.94. The first-order valence-electron chi connectivity index (χ1n) is 12.8. The van der Waals surface area contributed by atoms with E-state index in [1.807, 2.05) is 12.1 Å². The molecule has 0 aromatic heterocycles. The molecule has 0 fully saturated rings. The van der Waals surface area contributed by atoms with Crippen molar-refractivity contribution in [3.05, 3.63) is 70.6 Å². The maximum atomic E-state index is 13.8. The predicted octanol–water partition coefficient (Wildman–Crippen LogP) is 6.56. The number of allylic oxidation sites excluding steroid dienone is 1. The zero-order chi connectivity index (χ0) is 29.7. The molecule has 11 heteroatoms. The second-order valence-corrected chi connectivity index (χ2v) is 12.0. The molecule has 0 spiro atoms. The number of rotatable bonds is 11. The highest BCUT2D eigenvalue weighted by molar-refractivity contribution is 8.01. The standard InChI is InChI=1S/C29H34F3N3O4S/c1-18(2)21-8-11-24(23(14-21)29(30,31)32)34-26(36)17-35(16-25-19(3)33-12-13-39-25)15-20-6-9-22(10-7-20)40-28(4,5)27(37)38/h6-12,14,18H,13,15-17H2,1-5H3,(H,34,36)(H,37,38). The van der Waals surface area contributed by atoms with Crippen LogP contribution in [0.3, 0.4) is 0 Å². The van der Waals surface area contributed by atoms with E-state index in [1.165, 1.54) is 17.8 Å². The molecule has 0 saturated carbocycles. The number of nitrogens with one attached hydrogen (secondary N) is 1. The van der Waals surface area contributed by atoms with Crippen LogP contribution in [0.4, 0.5) is 18.9 Å². The zero-order valence-corrected chi connectivity index (χ0v) is 23.9. The van der Waals surface area contributed by atoms with E-state index < -0.39 is 28.4 Å². The Bertz CT molecular complexity index is 1290. The molecule has 40 heavy (non-hydrogen) atoms. The van der Waals surface area contributed by atoms with E-state index in [0.29, 0.717) is 23.6 Å². The Morgan fingerprint density at radius 3 is 2.38 bits per heavy atom. The van der Waals surface area contributed by atoms with Gasteiger partial charge in [-0.3, -0.25) is 19.5 Å². The van der Waals surface area contributed by atoms with Gasteiger partial charge in [0.1, 0.15) is 17.1 Å². The van der Waals surface area contributed by atoms with Gasteiger partial charge in [-0.2, -0.15) is 13.2 Å². The lowest BCUT2D eigenvalue weighted by Crippen LogP contribution is -2.35. The van der Waals surface area contributed by atoms with Crippen molar-refractivity contribution in [2.75, 3.05) is 25.0 Å². The summed E-state index contributed by atoms with van der Waals surface area (Å²) in [7, 11) is 0. The Kier molecular flexibility index (Phi) is 10.1. The summed E-state index contributed by atoms with van der Waals surface area (Å²) in [5.41, 5.74) is 0.832. The molecule has 1 amide bonds. The summed E-state index contributed by atoms with van der Waals surface area (Å²) in [6.45, 7) is 9.24. The van der Waals surface area contributed by atoms with Crippen LogP contribution in [0.1, 0.15) is 57.2 Å². The zero-order valence-electron chi connectivity index (χ0n) is 23.1. The lowest BCUT2D eigenvalue weighted by Gasteiger charge is -2.25. The Morgan fingerprint density at radius 2 is 1.80 bits per heavy atom. The molecule has 2 aromatic carbocycles. The first-order chi connectivity index (χ1) is 18.7. The second kappa shape index (κ2) is 12.9. The van der Waals surface area contributed by atoms with Crippen molar-refractivity contribution in [2.24, 2.45) is 4.99 Å². The van der Waals surface area contributed by atoms with E-state index in [4.69, 9.17) is 4.74 Å². The van der Waals surface area contributed by atoms with E-state index in [-0.39, 0.29) is 31.3 Å². The summed E-state index contributed by atoms with van der Waals surface area (Å²) in [6, 6.07) is 11.2. The van der Waals surface area contributed by atoms with Crippen LogP contribution in [-0.4, -0.2) is 52.5 Å². The number of benzene rings is 2. The SMILES string of the molecule is CC1=C(CN(CC(=O)Nc2ccc(C(C)C)cc2C(F)(F)F)Cc2ccc(SC(C)(C)C(=O)O)cc2)OCC=N1. The molecule has 0 bridgehead atoms. The molecule has 0 atom stereocenters. The minimum absolute atomic E-state index is 0.101. The molecule has 0 unspecified atom stereocenters. The smallest absolute Gasteiger partial charge is 0.418 e. The number of anilines is 1. The molecule has 3 rings (SSSR count). The van der Waals surface area contributed by atoms with E-state index >= 15 is 0 Å². The molecule has 0 aliphatic carbocycles. The molecule has 1 heterocycles. The van der Waals surface area contributed by atoms with Gasteiger partial charge in [0.25, 0.3) is 0 Å². The number of hydrogen-bond acceptors (Lipinski definition) is 6. The normalized spacial score (nSPS) is 14.1. The number of halogens is 3. The predicted molar refractivity (Wildman–Crippen MR) is 151 cm³/mol. The summed E-state index contributed by atoms with van der Waals surface area (Å²) in [5, 5.41) is 11.8. The van der Waals surface area contributed by atoms with Crippen LogP contribution < -0.4 is 5.32 Å². The number of nitrogens with zero attached hydrogens (tertiary/aromatic N) is 2. The quantitative estimate of drug-likeness (QED) is 0.294.